The van der Waals surface area contributed by atoms with Crippen LogP contribution in [0.5, 0.6) is 0 Å². The summed E-state index contributed by atoms with van der Waals surface area (Å²) in [6, 6.07) is 2.11. The lowest BCUT2D eigenvalue weighted by atomic mass is 10.0. The SMILES string of the molecule is CCN(CC)c1cc(N2CCNCC2(C)C)ncn1. The Morgan fingerprint density at radius 2 is 2.05 bits per heavy atom. The molecule has 0 bridgehead atoms. The second kappa shape index (κ2) is 5.74. The number of anilines is 2. The molecule has 2 rings (SSSR count). The number of hydrogen-bond acceptors (Lipinski definition) is 5. The molecule has 1 saturated heterocycles. The summed E-state index contributed by atoms with van der Waals surface area (Å²) in [6.45, 7) is 13.7. The fraction of sp³-hybridized carbons (Fsp3) is 0.714. The van der Waals surface area contributed by atoms with Gasteiger partial charge in [0.1, 0.15) is 18.0 Å². The molecule has 5 nitrogen and oxygen atoms in total. The first-order valence-electron chi connectivity index (χ1n) is 7.14. The maximum absolute atomic E-state index is 4.47. The molecule has 106 valence electrons. The van der Waals surface area contributed by atoms with E-state index in [1.54, 1.807) is 6.33 Å². The van der Waals surface area contributed by atoms with Gasteiger partial charge in [0.05, 0.1) is 0 Å². The van der Waals surface area contributed by atoms with E-state index in [4.69, 9.17) is 0 Å². The lowest BCUT2D eigenvalue weighted by Gasteiger charge is -2.43. The van der Waals surface area contributed by atoms with Crippen LogP contribution in [-0.2, 0) is 0 Å². The minimum atomic E-state index is 0.0904. The van der Waals surface area contributed by atoms with E-state index in [2.05, 4.69) is 58.8 Å². The van der Waals surface area contributed by atoms with E-state index in [1.807, 2.05) is 0 Å². The molecule has 0 atom stereocenters. The summed E-state index contributed by atoms with van der Waals surface area (Å²) in [5.74, 6) is 2.05. The first-order chi connectivity index (χ1) is 9.08. The van der Waals surface area contributed by atoms with Crippen molar-refractivity contribution < 1.29 is 0 Å². The maximum atomic E-state index is 4.47. The third kappa shape index (κ3) is 2.97. The monoisotopic (exact) mass is 263 g/mol. The Morgan fingerprint density at radius 3 is 2.68 bits per heavy atom. The van der Waals surface area contributed by atoms with Gasteiger partial charge in [-0.05, 0) is 27.7 Å². The zero-order valence-electron chi connectivity index (χ0n) is 12.5. The van der Waals surface area contributed by atoms with Crippen LogP contribution in [0.4, 0.5) is 11.6 Å². The summed E-state index contributed by atoms with van der Waals surface area (Å²) >= 11 is 0. The van der Waals surface area contributed by atoms with Crippen molar-refractivity contribution in [1.29, 1.82) is 0 Å². The number of hydrogen-bond donors (Lipinski definition) is 1. The van der Waals surface area contributed by atoms with E-state index in [0.29, 0.717) is 0 Å². The Bertz CT molecular complexity index is 414. The van der Waals surface area contributed by atoms with Crippen molar-refractivity contribution >= 4 is 11.6 Å². The van der Waals surface area contributed by atoms with E-state index in [1.165, 1.54) is 0 Å². The molecular formula is C14H25N5. The van der Waals surface area contributed by atoms with Crippen LogP contribution in [0.1, 0.15) is 27.7 Å². The van der Waals surface area contributed by atoms with Gasteiger partial charge in [-0.15, -0.1) is 0 Å². The molecule has 0 spiro atoms. The first kappa shape index (κ1) is 14.1. The van der Waals surface area contributed by atoms with Crippen molar-refractivity contribution in [2.24, 2.45) is 0 Å². The Balaban J connectivity index is 2.27. The lowest BCUT2D eigenvalue weighted by Crippen LogP contribution is -2.58. The van der Waals surface area contributed by atoms with Gasteiger partial charge >= 0.3 is 0 Å². The average molecular weight is 263 g/mol. The molecule has 1 aliphatic heterocycles. The van der Waals surface area contributed by atoms with Gasteiger partial charge in [0, 0.05) is 44.3 Å². The molecule has 1 aromatic rings. The molecule has 19 heavy (non-hydrogen) atoms. The highest BCUT2D eigenvalue weighted by Crippen LogP contribution is 2.25. The Hall–Kier alpha value is -1.36. The summed E-state index contributed by atoms with van der Waals surface area (Å²) in [5, 5.41) is 3.44. The van der Waals surface area contributed by atoms with Gasteiger partial charge in [0.2, 0.25) is 0 Å². The van der Waals surface area contributed by atoms with Gasteiger partial charge < -0.3 is 15.1 Å². The predicted octanol–water partition coefficient (Wildman–Crippen LogP) is 1.51. The second-order valence-corrected chi connectivity index (χ2v) is 5.55. The van der Waals surface area contributed by atoms with Crippen molar-refractivity contribution in [3.8, 4) is 0 Å². The first-order valence-corrected chi connectivity index (χ1v) is 7.14. The molecule has 0 unspecified atom stereocenters. The van der Waals surface area contributed by atoms with Crippen molar-refractivity contribution in [3.63, 3.8) is 0 Å². The van der Waals surface area contributed by atoms with Gasteiger partial charge in [0.15, 0.2) is 0 Å². The van der Waals surface area contributed by atoms with Crippen LogP contribution in [0, 0.1) is 0 Å². The Labute approximate surface area is 116 Å². The maximum Gasteiger partial charge on any atom is 0.134 e. The highest BCUT2D eigenvalue weighted by molar-refractivity contribution is 5.52. The van der Waals surface area contributed by atoms with Crippen molar-refractivity contribution in [3.05, 3.63) is 12.4 Å². The summed E-state index contributed by atoms with van der Waals surface area (Å²) < 4.78 is 0. The highest BCUT2D eigenvalue weighted by Gasteiger charge is 2.30. The minimum Gasteiger partial charge on any atom is -0.357 e. The number of piperazine rings is 1. The fourth-order valence-corrected chi connectivity index (χ4v) is 2.61. The summed E-state index contributed by atoms with van der Waals surface area (Å²) in [6.07, 6.45) is 1.68. The zero-order chi connectivity index (χ0) is 13.9. The summed E-state index contributed by atoms with van der Waals surface area (Å²) in [7, 11) is 0. The second-order valence-electron chi connectivity index (χ2n) is 5.55. The van der Waals surface area contributed by atoms with E-state index in [0.717, 1.165) is 44.4 Å². The highest BCUT2D eigenvalue weighted by atomic mass is 15.3. The smallest absolute Gasteiger partial charge is 0.134 e. The third-order valence-corrected chi connectivity index (χ3v) is 3.80. The van der Waals surface area contributed by atoms with Gasteiger partial charge in [0.25, 0.3) is 0 Å². The van der Waals surface area contributed by atoms with Gasteiger partial charge in [-0.2, -0.15) is 0 Å². The number of nitrogens with one attached hydrogen (secondary N) is 1. The van der Waals surface area contributed by atoms with E-state index in [-0.39, 0.29) is 5.54 Å². The van der Waals surface area contributed by atoms with Gasteiger partial charge in [-0.3, -0.25) is 0 Å². The third-order valence-electron chi connectivity index (χ3n) is 3.80. The van der Waals surface area contributed by atoms with Crippen LogP contribution >= 0.6 is 0 Å². The van der Waals surface area contributed by atoms with Crippen LogP contribution in [0.25, 0.3) is 0 Å². The molecular weight excluding hydrogens is 238 g/mol. The molecule has 2 heterocycles. The number of aromatic nitrogens is 2. The molecule has 1 N–H and O–H groups in total. The quantitative estimate of drug-likeness (QED) is 0.892. The lowest BCUT2D eigenvalue weighted by molar-refractivity contribution is 0.377. The summed E-state index contributed by atoms with van der Waals surface area (Å²) in [5.41, 5.74) is 0.0904. The Kier molecular flexibility index (Phi) is 4.24. The Morgan fingerprint density at radius 1 is 1.32 bits per heavy atom. The van der Waals surface area contributed by atoms with E-state index >= 15 is 0 Å². The van der Waals surface area contributed by atoms with Gasteiger partial charge in [-0.25, -0.2) is 9.97 Å². The topological polar surface area (TPSA) is 44.3 Å². The molecule has 0 amide bonds. The molecule has 1 aliphatic rings. The largest absolute Gasteiger partial charge is 0.357 e. The zero-order valence-corrected chi connectivity index (χ0v) is 12.5. The van der Waals surface area contributed by atoms with Crippen LogP contribution < -0.4 is 15.1 Å². The molecule has 1 aromatic heterocycles. The normalized spacial score (nSPS) is 18.4. The summed E-state index contributed by atoms with van der Waals surface area (Å²) in [4.78, 5) is 13.5. The van der Waals surface area contributed by atoms with Crippen molar-refractivity contribution in [2.45, 2.75) is 33.2 Å². The molecule has 0 aliphatic carbocycles. The number of nitrogens with zero attached hydrogens (tertiary/aromatic N) is 4. The van der Waals surface area contributed by atoms with Crippen LogP contribution in [0.2, 0.25) is 0 Å². The van der Waals surface area contributed by atoms with Crippen LogP contribution in [0.15, 0.2) is 12.4 Å². The van der Waals surface area contributed by atoms with Crippen LogP contribution in [-0.4, -0.2) is 48.2 Å². The fourth-order valence-electron chi connectivity index (χ4n) is 2.61. The molecule has 0 saturated carbocycles. The van der Waals surface area contributed by atoms with Gasteiger partial charge in [-0.1, -0.05) is 0 Å². The van der Waals surface area contributed by atoms with E-state index < -0.39 is 0 Å². The van der Waals surface area contributed by atoms with Crippen molar-refractivity contribution in [1.82, 2.24) is 15.3 Å². The van der Waals surface area contributed by atoms with Crippen LogP contribution in [0.3, 0.4) is 0 Å². The molecule has 0 radical (unpaired) electrons. The molecule has 0 aromatic carbocycles. The predicted molar refractivity (Wildman–Crippen MR) is 79.9 cm³/mol. The minimum absolute atomic E-state index is 0.0904. The average Bonchev–Trinajstić information content (AvgIpc) is 2.40. The van der Waals surface area contributed by atoms with Crippen molar-refractivity contribution in [2.75, 3.05) is 42.5 Å². The molecule has 5 heteroatoms. The standard InChI is InChI=1S/C14H25N5/c1-5-18(6-2)12-9-13(17-11-16-12)19-8-7-15-10-14(19,3)4/h9,11,15H,5-8,10H2,1-4H3. The van der Waals surface area contributed by atoms with E-state index in [9.17, 15) is 0 Å². The molecule has 1 fully saturated rings. The number of rotatable bonds is 4.